The summed E-state index contributed by atoms with van der Waals surface area (Å²) < 4.78 is 0. The van der Waals surface area contributed by atoms with E-state index in [0.29, 0.717) is 6.42 Å². The molecule has 1 aliphatic rings. The van der Waals surface area contributed by atoms with Crippen molar-refractivity contribution >= 4 is 23.8 Å². The average molecular weight is 246 g/mol. The number of urea groups is 1. The summed E-state index contributed by atoms with van der Waals surface area (Å²) in [6.07, 6.45) is 1.38. The molecule has 5 nitrogen and oxygen atoms in total. The SMILES string of the molecule is CC[C@@H](NC(=O)N(C)C1CCSC1)C(=O)O. The summed E-state index contributed by atoms with van der Waals surface area (Å²) in [5, 5.41) is 11.4. The van der Waals surface area contributed by atoms with Crippen LogP contribution in [0.5, 0.6) is 0 Å². The summed E-state index contributed by atoms with van der Waals surface area (Å²) in [5.74, 6) is 1.02. The summed E-state index contributed by atoms with van der Waals surface area (Å²) in [7, 11) is 1.72. The van der Waals surface area contributed by atoms with Crippen LogP contribution in [0.1, 0.15) is 19.8 Å². The van der Waals surface area contributed by atoms with Crippen LogP contribution in [0.25, 0.3) is 0 Å². The number of carboxylic acids is 1. The molecule has 1 fully saturated rings. The van der Waals surface area contributed by atoms with Gasteiger partial charge in [-0.2, -0.15) is 11.8 Å². The Morgan fingerprint density at radius 3 is 2.75 bits per heavy atom. The van der Waals surface area contributed by atoms with Crippen LogP contribution in [-0.2, 0) is 4.79 Å². The molecule has 0 aliphatic carbocycles. The minimum absolute atomic E-state index is 0.233. The molecule has 1 saturated heterocycles. The third-order valence-corrected chi connectivity index (χ3v) is 3.92. The first-order valence-corrected chi connectivity index (χ1v) is 6.55. The molecule has 0 aromatic carbocycles. The van der Waals surface area contributed by atoms with E-state index in [1.54, 1.807) is 18.9 Å². The van der Waals surface area contributed by atoms with E-state index in [-0.39, 0.29) is 12.1 Å². The molecule has 0 spiro atoms. The van der Waals surface area contributed by atoms with E-state index in [2.05, 4.69) is 5.32 Å². The summed E-state index contributed by atoms with van der Waals surface area (Å²) in [6, 6.07) is -0.845. The topological polar surface area (TPSA) is 69.6 Å². The smallest absolute Gasteiger partial charge is 0.326 e. The number of amides is 2. The number of thioether (sulfide) groups is 1. The van der Waals surface area contributed by atoms with Crippen LogP contribution in [0.2, 0.25) is 0 Å². The van der Waals surface area contributed by atoms with Crippen LogP contribution >= 0.6 is 11.8 Å². The zero-order chi connectivity index (χ0) is 12.1. The lowest BCUT2D eigenvalue weighted by Gasteiger charge is -2.25. The van der Waals surface area contributed by atoms with Crippen molar-refractivity contribution in [2.75, 3.05) is 18.6 Å². The molecule has 6 heteroatoms. The number of aliphatic carboxylic acids is 1. The molecule has 2 N–H and O–H groups in total. The van der Waals surface area contributed by atoms with Gasteiger partial charge in [-0.15, -0.1) is 0 Å². The molecule has 0 bridgehead atoms. The molecule has 1 heterocycles. The second kappa shape index (κ2) is 5.98. The number of carbonyl (C=O) groups is 2. The van der Waals surface area contributed by atoms with Crippen LogP contribution in [0.4, 0.5) is 4.79 Å². The predicted octanol–water partition coefficient (Wildman–Crippen LogP) is 0.996. The Bertz CT molecular complexity index is 267. The van der Waals surface area contributed by atoms with Crippen LogP contribution in [-0.4, -0.2) is 52.6 Å². The standard InChI is InChI=1S/C10H18N2O3S/c1-3-8(9(13)14)11-10(15)12(2)7-4-5-16-6-7/h7-8H,3-6H2,1-2H3,(H,11,15)(H,13,14)/t7?,8-/m1/s1. The molecule has 92 valence electrons. The van der Waals surface area contributed by atoms with Gasteiger partial charge in [-0.3, -0.25) is 0 Å². The second-order valence-electron chi connectivity index (χ2n) is 3.88. The Hall–Kier alpha value is -0.910. The Morgan fingerprint density at radius 2 is 2.31 bits per heavy atom. The van der Waals surface area contributed by atoms with Gasteiger partial charge in [0, 0.05) is 18.8 Å². The zero-order valence-corrected chi connectivity index (χ0v) is 10.4. The Morgan fingerprint density at radius 1 is 1.62 bits per heavy atom. The third kappa shape index (κ3) is 3.30. The first-order valence-electron chi connectivity index (χ1n) is 5.40. The van der Waals surface area contributed by atoms with Gasteiger partial charge in [0.25, 0.3) is 0 Å². The van der Waals surface area contributed by atoms with Crippen molar-refractivity contribution in [3.05, 3.63) is 0 Å². The Labute approximate surface area is 99.6 Å². The molecule has 16 heavy (non-hydrogen) atoms. The van der Waals surface area contributed by atoms with Crippen LogP contribution in [0, 0.1) is 0 Å². The van der Waals surface area contributed by atoms with Crippen molar-refractivity contribution in [2.24, 2.45) is 0 Å². The summed E-state index contributed by atoms with van der Waals surface area (Å²) >= 11 is 1.82. The maximum atomic E-state index is 11.7. The lowest BCUT2D eigenvalue weighted by molar-refractivity contribution is -0.139. The molecule has 0 aromatic heterocycles. The minimum atomic E-state index is -0.981. The van der Waals surface area contributed by atoms with E-state index in [4.69, 9.17) is 5.11 Å². The lowest BCUT2D eigenvalue weighted by Crippen LogP contribution is -2.49. The molecule has 0 aromatic rings. The van der Waals surface area contributed by atoms with Crippen molar-refractivity contribution in [1.29, 1.82) is 0 Å². The van der Waals surface area contributed by atoms with Gasteiger partial charge in [-0.05, 0) is 18.6 Å². The van der Waals surface area contributed by atoms with Crippen molar-refractivity contribution in [1.82, 2.24) is 10.2 Å². The van der Waals surface area contributed by atoms with Crippen LogP contribution in [0.3, 0.4) is 0 Å². The fourth-order valence-corrected chi connectivity index (χ4v) is 2.85. The number of carbonyl (C=O) groups excluding carboxylic acids is 1. The molecule has 0 radical (unpaired) electrons. The average Bonchev–Trinajstić information content (AvgIpc) is 2.77. The number of hydrogen-bond donors (Lipinski definition) is 2. The summed E-state index contributed by atoms with van der Waals surface area (Å²) in [6.45, 7) is 1.74. The van der Waals surface area contributed by atoms with Gasteiger partial charge >= 0.3 is 12.0 Å². The quantitative estimate of drug-likeness (QED) is 0.776. The van der Waals surface area contributed by atoms with Crippen molar-refractivity contribution in [3.8, 4) is 0 Å². The van der Waals surface area contributed by atoms with Crippen molar-refractivity contribution < 1.29 is 14.7 Å². The Kier molecular flexibility index (Phi) is 4.92. The highest BCUT2D eigenvalue weighted by atomic mass is 32.2. The largest absolute Gasteiger partial charge is 0.480 e. The van der Waals surface area contributed by atoms with E-state index in [1.807, 2.05) is 11.8 Å². The van der Waals surface area contributed by atoms with Gasteiger partial charge < -0.3 is 15.3 Å². The van der Waals surface area contributed by atoms with Gasteiger partial charge in [0.15, 0.2) is 0 Å². The van der Waals surface area contributed by atoms with Gasteiger partial charge in [-0.25, -0.2) is 9.59 Å². The van der Waals surface area contributed by atoms with E-state index >= 15 is 0 Å². The zero-order valence-electron chi connectivity index (χ0n) is 9.60. The number of rotatable bonds is 4. The van der Waals surface area contributed by atoms with Gasteiger partial charge in [-0.1, -0.05) is 6.92 Å². The summed E-state index contributed by atoms with van der Waals surface area (Å²) in [4.78, 5) is 24.1. The molecule has 2 atom stereocenters. The van der Waals surface area contributed by atoms with Gasteiger partial charge in [0.2, 0.25) is 0 Å². The molecule has 1 unspecified atom stereocenters. The Balaban J connectivity index is 2.46. The minimum Gasteiger partial charge on any atom is -0.480 e. The number of hydrogen-bond acceptors (Lipinski definition) is 3. The molecular weight excluding hydrogens is 228 g/mol. The van der Waals surface area contributed by atoms with Gasteiger partial charge in [0.1, 0.15) is 6.04 Å². The maximum Gasteiger partial charge on any atom is 0.326 e. The fourth-order valence-electron chi connectivity index (χ4n) is 1.58. The van der Waals surface area contributed by atoms with Crippen molar-refractivity contribution in [2.45, 2.75) is 31.8 Å². The van der Waals surface area contributed by atoms with E-state index in [1.165, 1.54) is 0 Å². The molecule has 1 rings (SSSR count). The monoisotopic (exact) mass is 246 g/mol. The van der Waals surface area contributed by atoms with Crippen molar-refractivity contribution in [3.63, 3.8) is 0 Å². The fraction of sp³-hybridized carbons (Fsp3) is 0.800. The predicted molar refractivity (Wildman–Crippen MR) is 63.7 cm³/mol. The highest BCUT2D eigenvalue weighted by Crippen LogP contribution is 2.21. The lowest BCUT2D eigenvalue weighted by atomic mass is 10.2. The number of carboxylic acid groups (broad SMARTS) is 1. The highest BCUT2D eigenvalue weighted by Gasteiger charge is 2.26. The van der Waals surface area contributed by atoms with E-state index < -0.39 is 12.0 Å². The van der Waals surface area contributed by atoms with E-state index in [9.17, 15) is 9.59 Å². The number of nitrogens with zero attached hydrogens (tertiary/aromatic N) is 1. The highest BCUT2D eigenvalue weighted by molar-refractivity contribution is 7.99. The molecule has 0 saturated carbocycles. The van der Waals surface area contributed by atoms with Gasteiger partial charge in [0.05, 0.1) is 0 Å². The number of nitrogens with one attached hydrogen (secondary N) is 1. The second-order valence-corrected chi connectivity index (χ2v) is 5.03. The molecular formula is C10H18N2O3S. The first kappa shape index (κ1) is 13.2. The maximum absolute atomic E-state index is 11.7. The molecule has 1 aliphatic heterocycles. The first-order chi connectivity index (χ1) is 7.56. The normalized spacial score (nSPS) is 21.5. The van der Waals surface area contributed by atoms with Crippen LogP contribution in [0.15, 0.2) is 0 Å². The van der Waals surface area contributed by atoms with Crippen LogP contribution < -0.4 is 5.32 Å². The third-order valence-electron chi connectivity index (χ3n) is 2.78. The summed E-state index contributed by atoms with van der Waals surface area (Å²) in [5.41, 5.74) is 0. The molecule has 2 amide bonds. The van der Waals surface area contributed by atoms with E-state index in [0.717, 1.165) is 17.9 Å².